The first kappa shape index (κ1) is 17.0. The Morgan fingerprint density at radius 1 is 1.50 bits per heavy atom. The van der Waals surface area contributed by atoms with E-state index in [-0.39, 0.29) is 25.0 Å². The molecule has 0 aromatic heterocycles. The van der Waals surface area contributed by atoms with Gasteiger partial charge in [0.15, 0.2) is 0 Å². The highest BCUT2D eigenvalue weighted by Gasteiger charge is 2.23. The molecule has 0 saturated carbocycles. The molecule has 1 heterocycles. The Hall–Kier alpha value is -1.40. The normalized spacial score (nSPS) is 17.5. The quantitative estimate of drug-likeness (QED) is 0.812. The Bertz CT molecular complexity index is 514. The first-order valence-electron chi connectivity index (χ1n) is 7.14. The third-order valence-electron chi connectivity index (χ3n) is 3.31. The Balaban J connectivity index is 1.92. The predicted molar refractivity (Wildman–Crippen MR) is 78.5 cm³/mol. The van der Waals surface area contributed by atoms with E-state index in [2.05, 4.69) is 5.32 Å². The van der Waals surface area contributed by atoms with Crippen LogP contribution in [0.3, 0.4) is 0 Å². The van der Waals surface area contributed by atoms with E-state index in [9.17, 15) is 13.6 Å². The van der Waals surface area contributed by atoms with Crippen molar-refractivity contribution in [1.82, 2.24) is 5.32 Å². The van der Waals surface area contributed by atoms with Crippen LogP contribution in [0.15, 0.2) is 18.2 Å². The van der Waals surface area contributed by atoms with Crippen LogP contribution < -0.4 is 10.1 Å². The maximum absolute atomic E-state index is 11.9. The Labute approximate surface area is 132 Å². The lowest BCUT2D eigenvalue weighted by atomic mass is 10.0. The summed E-state index contributed by atoms with van der Waals surface area (Å²) in [6, 6.07) is 5.22. The van der Waals surface area contributed by atoms with Crippen molar-refractivity contribution in [1.29, 1.82) is 0 Å². The Morgan fingerprint density at radius 2 is 2.32 bits per heavy atom. The van der Waals surface area contributed by atoms with Gasteiger partial charge in [-0.15, -0.1) is 0 Å². The van der Waals surface area contributed by atoms with E-state index < -0.39 is 13.0 Å². The fraction of sp³-hybridized carbons (Fsp3) is 0.533. The molecule has 22 heavy (non-hydrogen) atoms. The molecule has 1 amide bonds. The summed E-state index contributed by atoms with van der Waals surface area (Å²) < 4.78 is 34.2. The predicted octanol–water partition coefficient (Wildman–Crippen LogP) is 3.34. The largest absolute Gasteiger partial charge is 0.492 e. The van der Waals surface area contributed by atoms with E-state index >= 15 is 0 Å². The number of alkyl halides is 2. The number of rotatable bonds is 6. The summed E-state index contributed by atoms with van der Waals surface area (Å²) in [6.45, 7) is -0.134. The van der Waals surface area contributed by atoms with Gasteiger partial charge in [0.2, 0.25) is 5.91 Å². The number of halogens is 3. The number of hydrogen-bond acceptors (Lipinski definition) is 3. The number of nitrogens with one attached hydrogen (secondary N) is 1. The zero-order chi connectivity index (χ0) is 15.9. The summed E-state index contributed by atoms with van der Waals surface area (Å²) in [5.74, 6) is 0.355. The summed E-state index contributed by atoms with van der Waals surface area (Å²) >= 11 is 6.12. The van der Waals surface area contributed by atoms with Crippen molar-refractivity contribution in [2.75, 3.05) is 19.8 Å². The number of carbonyl (C=O) groups is 1. The fourth-order valence-corrected chi connectivity index (χ4v) is 2.56. The van der Waals surface area contributed by atoms with Crippen molar-refractivity contribution < 1.29 is 23.0 Å². The van der Waals surface area contributed by atoms with E-state index in [1.165, 1.54) is 0 Å². The number of hydrogen-bond donors (Lipinski definition) is 1. The minimum Gasteiger partial charge on any atom is -0.492 e. The lowest BCUT2D eigenvalue weighted by Crippen LogP contribution is -2.29. The van der Waals surface area contributed by atoms with E-state index in [1.807, 2.05) is 6.07 Å². The van der Waals surface area contributed by atoms with Crippen LogP contribution in [0.5, 0.6) is 5.75 Å². The number of amides is 1. The summed E-state index contributed by atoms with van der Waals surface area (Å²) in [5.41, 5.74) is 0.840. The van der Waals surface area contributed by atoms with Crippen LogP contribution in [0, 0.1) is 0 Å². The van der Waals surface area contributed by atoms with Gasteiger partial charge in [-0.1, -0.05) is 23.7 Å². The molecule has 0 bridgehead atoms. The number of carbonyl (C=O) groups excluding carboxylic acids is 1. The molecule has 0 fully saturated rings. The molecule has 4 nitrogen and oxygen atoms in total. The zero-order valence-corrected chi connectivity index (χ0v) is 12.7. The van der Waals surface area contributed by atoms with Gasteiger partial charge in [0.25, 0.3) is 6.43 Å². The summed E-state index contributed by atoms with van der Waals surface area (Å²) in [5, 5.41) is 3.40. The molecule has 1 aromatic carbocycles. The van der Waals surface area contributed by atoms with Gasteiger partial charge in [0, 0.05) is 12.0 Å². The SMILES string of the molecule is O=C(CCOCC(F)F)N[C@@H]1CCCOc2c(Cl)cccc21. The maximum atomic E-state index is 11.9. The highest BCUT2D eigenvalue weighted by molar-refractivity contribution is 6.32. The fourth-order valence-electron chi connectivity index (χ4n) is 2.32. The molecular weight excluding hydrogens is 316 g/mol. The molecule has 0 spiro atoms. The number of ether oxygens (including phenoxy) is 2. The molecule has 1 atom stereocenters. The third kappa shape index (κ3) is 4.81. The molecule has 7 heteroatoms. The third-order valence-corrected chi connectivity index (χ3v) is 3.61. The second-order valence-electron chi connectivity index (χ2n) is 4.98. The molecule has 0 aliphatic carbocycles. The molecule has 0 radical (unpaired) electrons. The number of para-hydroxylation sites is 1. The van der Waals surface area contributed by atoms with Crippen LogP contribution >= 0.6 is 11.6 Å². The second kappa shape index (κ2) is 8.29. The second-order valence-corrected chi connectivity index (χ2v) is 5.39. The molecule has 1 aliphatic rings. The molecular formula is C15H18ClF2NO3. The lowest BCUT2D eigenvalue weighted by Gasteiger charge is -2.19. The first-order chi connectivity index (χ1) is 10.6. The summed E-state index contributed by atoms with van der Waals surface area (Å²) in [4.78, 5) is 11.9. The molecule has 1 aromatic rings. The first-order valence-corrected chi connectivity index (χ1v) is 7.52. The average molecular weight is 334 g/mol. The van der Waals surface area contributed by atoms with Gasteiger partial charge >= 0.3 is 0 Å². The van der Waals surface area contributed by atoms with Crippen molar-refractivity contribution in [2.45, 2.75) is 31.7 Å². The monoisotopic (exact) mass is 333 g/mol. The summed E-state index contributed by atoms with van der Waals surface area (Å²) in [7, 11) is 0. The standard InChI is InChI=1S/C15H18ClF2NO3/c16-11-4-1-3-10-12(5-2-7-22-15(10)11)19-14(20)6-8-21-9-13(17)18/h1,3-4,12-13H,2,5-9H2,(H,19,20)/t12-/m1/s1. The molecule has 0 unspecified atom stereocenters. The van der Waals surface area contributed by atoms with E-state index in [0.717, 1.165) is 18.4 Å². The van der Waals surface area contributed by atoms with Crippen LogP contribution in [0.1, 0.15) is 30.9 Å². The zero-order valence-electron chi connectivity index (χ0n) is 12.0. The van der Waals surface area contributed by atoms with Gasteiger partial charge in [-0.05, 0) is 18.9 Å². The van der Waals surface area contributed by atoms with Gasteiger partial charge in [-0.3, -0.25) is 4.79 Å². The number of fused-ring (bicyclic) bond motifs is 1. The Morgan fingerprint density at radius 3 is 3.09 bits per heavy atom. The van der Waals surface area contributed by atoms with Crippen LogP contribution in [-0.2, 0) is 9.53 Å². The molecule has 2 rings (SSSR count). The van der Waals surface area contributed by atoms with Crippen molar-refractivity contribution >= 4 is 17.5 Å². The van der Waals surface area contributed by atoms with E-state index in [0.29, 0.717) is 17.4 Å². The minimum absolute atomic E-state index is 0.0260. The van der Waals surface area contributed by atoms with E-state index in [4.69, 9.17) is 21.1 Å². The molecule has 122 valence electrons. The van der Waals surface area contributed by atoms with Crippen LogP contribution in [0.2, 0.25) is 5.02 Å². The number of benzene rings is 1. The van der Waals surface area contributed by atoms with Crippen LogP contribution in [0.25, 0.3) is 0 Å². The lowest BCUT2D eigenvalue weighted by molar-refractivity contribution is -0.123. The van der Waals surface area contributed by atoms with Gasteiger partial charge in [-0.2, -0.15) is 0 Å². The van der Waals surface area contributed by atoms with Gasteiger partial charge in [-0.25, -0.2) is 8.78 Å². The highest BCUT2D eigenvalue weighted by atomic mass is 35.5. The van der Waals surface area contributed by atoms with Crippen LogP contribution in [0.4, 0.5) is 8.78 Å². The maximum Gasteiger partial charge on any atom is 0.261 e. The molecule has 0 saturated heterocycles. The van der Waals surface area contributed by atoms with Crippen molar-refractivity contribution in [3.63, 3.8) is 0 Å². The topological polar surface area (TPSA) is 47.6 Å². The van der Waals surface area contributed by atoms with Crippen molar-refractivity contribution in [2.24, 2.45) is 0 Å². The van der Waals surface area contributed by atoms with Crippen molar-refractivity contribution in [3.8, 4) is 5.75 Å². The van der Waals surface area contributed by atoms with Gasteiger partial charge in [0.05, 0.1) is 24.3 Å². The minimum atomic E-state index is -2.52. The average Bonchev–Trinajstić information content (AvgIpc) is 2.67. The van der Waals surface area contributed by atoms with Crippen molar-refractivity contribution in [3.05, 3.63) is 28.8 Å². The van der Waals surface area contributed by atoms with Gasteiger partial charge in [0.1, 0.15) is 12.4 Å². The van der Waals surface area contributed by atoms with Crippen LogP contribution in [-0.4, -0.2) is 32.2 Å². The van der Waals surface area contributed by atoms with E-state index in [1.54, 1.807) is 12.1 Å². The van der Waals surface area contributed by atoms with Gasteiger partial charge < -0.3 is 14.8 Å². The highest BCUT2D eigenvalue weighted by Crippen LogP contribution is 2.36. The molecule has 1 aliphatic heterocycles. The summed E-state index contributed by atoms with van der Waals surface area (Å²) in [6.07, 6.45) is -0.953. The smallest absolute Gasteiger partial charge is 0.261 e. The molecule has 1 N–H and O–H groups in total. The Kier molecular flexibility index (Phi) is 6.39.